The minimum atomic E-state index is -2.87. The molecule has 2 aliphatic heterocycles. The van der Waals surface area contributed by atoms with Crippen molar-refractivity contribution in [2.24, 2.45) is 5.92 Å². The Bertz CT molecular complexity index is 549. The first-order chi connectivity index (χ1) is 8.52. The number of hydrogen-bond donors (Lipinski definition) is 1. The number of nitrogens with one attached hydrogen (secondary N) is 1. The third kappa shape index (κ3) is 1.86. The topological polar surface area (TPSA) is 46.2 Å². The summed E-state index contributed by atoms with van der Waals surface area (Å²) in [5, 5.41) is 3.23. The van der Waals surface area contributed by atoms with E-state index in [1.165, 1.54) is 12.1 Å². The van der Waals surface area contributed by atoms with Gasteiger partial charge in [0, 0.05) is 18.5 Å². The Balaban J connectivity index is 1.93. The van der Waals surface area contributed by atoms with Gasteiger partial charge < -0.3 is 5.32 Å². The number of halogens is 1. The highest BCUT2D eigenvalue weighted by atomic mass is 32.2. The summed E-state index contributed by atoms with van der Waals surface area (Å²) < 4.78 is 36.3. The van der Waals surface area contributed by atoms with Crippen molar-refractivity contribution in [3.8, 4) is 0 Å². The van der Waals surface area contributed by atoms with Crippen molar-refractivity contribution in [2.45, 2.75) is 11.8 Å². The van der Waals surface area contributed by atoms with Gasteiger partial charge in [0.05, 0.1) is 11.5 Å². The minimum absolute atomic E-state index is 0.114. The van der Waals surface area contributed by atoms with E-state index in [0.717, 1.165) is 25.1 Å². The molecule has 3 nitrogen and oxygen atoms in total. The van der Waals surface area contributed by atoms with Crippen LogP contribution in [0.25, 0.3) is 0 Å². The molecule has 1 aromatic rings. The maximum Gasteiger partial charge on any atom is 0.150 e. The summed E-state index contributed by atoms with van der Waals surface area (Å²) in [6.45, 7) is 1.58. The molecule has 0 amide bonds. The van der Waals surface area contributed by atoms with E-state index >= 15 is 0 Å². The molecule has 2 heterocycles. The zero-order valence-corrected chi connectivity index (χ0v) is 10.8. The van der Waals surface area contributed by atoms with Crippen molar-refractivity contribution in [3.63, 3.8) is 0 Å². The lowest BCUT2D eigenvalue weighted by atomic mass is 9.66. The summed E-state index contributed by atoms with van der Waals surface area (Å²) in [5.41, 5.74) is 0.946. The highest BCUT2D eigenvalue weighted by Gasteiger charge is 2.49. The second-order valence-corrected chi connectivity index (χ2v) is 7.60. The van der Waals surface area contributed by atoms with Crippen LogP contribution in [0.4, 0.5) is 4.39 Å². The first-order valence-corrected chi connectivity index (χ1v) is 8.01. The van der Waals surface area contributed by atoms with Gasteiger partial charge in [-0.1, -0.05) is 12.1 Å². The van der Waals surface area contributed by atoms with Crippen LogP contribution in [0, 0.1) is 11.7 Å². The average molecular weight is 269 g/mol. The van der Waals surface area contributed by atoms with E-state index in [1.807, 2.05) is 0 Å². The maximum atomic E-state index is 13.0. The molecule has 0 radical (unpaired) electrons. The molecule has 3 rings (SSSR count). The summed E-state index contributed by atoms with van der Waals surface area (Å²) in [5.74, 6) is 0.474. The van der Waals surface area contributed by atoms with Crippen LogP contribution < -0.4 is 5.32 Å². The fraction of sp³-hybridized carbons (Fsp3) is 0.538. The molecule has 0 aromatic heterocycles. The van der Waals surface area contributed by atoms with Crippen LogP contribution in [0.2, 0.25) is 0 Å². The summed E-state index contributed by atoms with van der Waals surface area (Å²) in [4.78, 5) is 0. The molecule has 1 atom stereocenters. The van der Waals surface area contributed by atoms with Gasteiger partial charge in [-0.25, -0.2) is 12.8 Å². The lowest BCUT2D eigenvalue weighted by Gasteiger charge is -2.47. The van der Waals surface area contributed by atoms with Gasteiger partial charge in [-0.3, -0.25) is 0 Å². The van der Waals surface area contributed by atoms with Crippen molar-refractivity contribution in [3.05, 3.63) is 35.6 Å². The van der Waals surface area contributed by atoms with Gasteiger partial charge in [0.1, 0.15) is 5.82 Å². The molecular formula is C13H16FNO2S. The fourth-order valence-corrected chi connectivity index (χ4v) is 5.04. The van der Waals surface area contributed by atoms with Crippen LogP contribution in [0.15, 0.2) is 24.3 Å². The van der Waals surface area contributed by atoms with Crippen molar-refractivity contribution >= 4 is 9.84 Å². The molecule has 0 saturated carbocycles. The fourth-order valence-electron chi connectivity index (χ4n) is 3.14. The van der Waals surface area contributed by atoms with Gasteiger partial charge in [0.15, 0.2) is 9.84 Å². The normalized spacial score (nSPS) is 28.8. The van der Waals surface area contributed by atoms with Crippen LogP contribution in [0.3, 0.4) is 0 Å². The van der Waals surface area contributed by atoms with E-state index in [2.05, 4.69) is 5.32 Å². The molecule has 2 aliphatic rings. The Morgan fingerprint density at radius 2 is 1.89 bits per heavy atom. The van der Waals surface area contributed by atoms with Crippen molar-refractivity contribution in [1.82, 2.24) is 5.32 Å². The molecule has 2 fully saturated rings. The number of benzene rings is 1. The predicted molar refractivity (Wildman–Crippen MR) is 67.7 cm³/mol. The van der Waals surface area contributed by atoms with E-state index in [0.29, 0.717) is 5.75 Å². The molecule has 1 unspecified atom stereocenters. The second-order valence-electron chi connectivity index (χ2n) is 5.37. The zero-order chi connectivity index (χ0) is 12.8. The van der Waals surface area contributed by atoms with Gasteiger partial charge in [0.25, 0.3) is 0 Å². The zero-order valence-electron chi connectivity index (χ0n) is 10.0. The molecule has 0 aliphatic carbocycles. The number of rotatable bonds is 2. The minimum Gasteiger partial charge on any atom is -0.315 e. The summed E-state index contributed by atoms with van der Waals surface area (Å²) >= 11 is 0. The summed E-state index contributed by atoms with van der Waals surface area (Å²) in [6.07, 6.45) is 0.724. The Labute approximate surface area is 106 Å². The van der Waals surface area contributed by atoms with E-state index in [4.69, 9.17) is 0 Å². The van der Waals surface area contributed by atoms with Crippen LogP contribution in [0.5, 0.6) is 0 Å². The van der Waals surface area contributed by atoms with Crippen molar-refractivity contribution in [2.75, 3.05) is 24.6 Å². The van der Waals surface area contributed by atoms with Crippen molar-refractivity contribution < 1.29 is 12.8 Å². The SMILES string of the molecule is O=S1(=O)CCC(C2(c3ccc(F)cc3)CNC2)C1. The van der Waals surface area contributed by atoms with E-state index in [-0.39, 0.29) is 22.9 Å². The molecule has 18 heavy (non-hydrogen) atoms. The van der Waals surface area contributed by atoms with E-state index < -0.39 is 9.84 Å². The predicted octanol–water partition coefficient (Wildman–Crippen LogP) is 1.10. The average Bonchev–Trinajstić information content (AvgIpc) is 2.60. The van der Waals surface area contributed by atoms with Gasteiger partial charge >= 0.3 is 0 Å². The van der Waals surface area contributed by atoms with E-state index in [9.17, 15) is 12.8 Å². The molecule has 2 saturated heterocycles. The smallest absolute Gasteiger partial charge is 0.150 e. The summed E-state index contributed by atoms with van der Waals surface area (Å²) in [6, 6.07) is 6.50. The Kier molecular flexibility index (Phi) is 2.71. The standard InChI is InChI=1S/C13H16FNO2S/c14-12-3-1-10(2-4-12)13(8-15-9-13)11-5-6-18(16,17)7-11/h1-4,11,15H,5-9H2. The number of hydrogen-bond acceptors (Lipinski definition) is 3. The van der Waals surface area contributed by atoms with Crippen LogP contribution >= 0.6 is 0 Å². The second kappa shape index (κ2) is 4.03. The highest BCUT2D eigenvalue weighted by Crippen LogP contribution is 2.41. The highest BCUT2D eigenvalue weighted by molar-refractivity contribution is 7.91. The number of sulfone groups is 1. The molecule has 0 bridgehead atoms. The summed E-state index contributed by atoms with van der Waals surface area (Å²) in [7, 11) is -2.87. The van der Waals surface area contributed by atoms with Crippen LogP contribution in [0.1, 0.15) is 12.0 Å². The molecule has 0 spiro atoms. The van der Waals surface area contributed by atoms with Gasteiger partial charge in [-0.15, -0.1) is 0 Å². The lowest BCUT2D eigenvalue weighted by Crippen LogP contribution is -2.61. The van der Waals surface area contributed by atoms with Gasteiger partial charge in [-0.05, 0) is 30.0 Å². The molecule has 5 heteroatoms. The van der Waals surface area contributed by atoms with Gasteiger partial charge in [0.2, 0.25) is 0 Å². The van der Waals surface area contributed by atoms with Crippen LogP contribution in [-0.2, 0) is 15.3 Å². The Morgan fingerprint density at radius 3 is 2.33 bits per heavy atom. The van der Waals surface area contributed by atoms with Crippen molar-refractivity contribution in [1.29, 1.82) is 0 Å². The third-order valence-corrected chi connectivity index (χ3v) is 6.08. The molecule has 1 N–H and O–H groups in total. The first kappa shape index (κ1) is 12.1. The lowest BCUT2D eigenvalue weighted by molar-refractivity contribution is 0.190. The van der Waals surface area contributed by atoms with Crippen LogP contribution in [-0.4, -0.2) is 33.0 Å². The Morgan fingerprint density at radius 1 is 1.22 bits per heavy atom. The third-order valence-electron chi connectivity index (χ3n) is 4.31. The molecule has 1 aromatic carbocycles. The molecule has 98 valence electrons. The molecular weight excluding hydrogens is 253 g/mol. The maximum absolute atomic E-state index is 13.0. The first-order valence-electron chi connectivity index (χ1n) is 6.19. The van der Waals surface area contributed by atoms with E-state index in [1.54, 1.807) is 12.1 Å². The van der Waals surface area contributed by atoms with Gasteiger partial charge in [-0.2, -0.15) is 0 Å². The largest absolute Gasteiger partial charge is 0.315 e. The Hall–Kier alpha value is -0.940. The quantitative estimate of drug-likeness (QED) is 0.874. The monoisotopic (exact) mass is 269 g/mol.